The summed E-state index contributed by atoms with van der Waals surface area (Å²) < 4.78 is 6.20. The van der Waals surface area contributed by atoms with E-state index in [1.807, 2.05) is 13.0 Å². The van der Waals surface area contributed by atoms with Crippen molar-refractivity contribution < 1.29 is 4.74 Å². The largest absolute Gasteiger partial charge is 0.495 e. The maximum atomic E-state index is 6.15. The second-order valence-electron chi connectivity index (χ2n) is 5.90. The highest BCUT2D eigenvalue weighted by molar-refractivity contribution is 9.10. The van der Waals surface area contributed by atoms with Crippen molar-refractivity contribution in [3.05, 3.63) is 33.4 Å². The van der Waals surface area contributed by atoms with E-state index in [4.69, 9.17) is 16.3 Å². The number of nitrogens with one attached hydrogen (secondary N) is 2. The van der Waals surface area contributed by atoms with E-state index in [9.17, 15) is 0 Å². The molecule has 0 atom stereocenters. The molecule has 0 unspecified atom stereocenters. The number of rotatable bonds is 8. The van der Waals surface area contributed by atoms with Crippen LogP contribution in [0.3, 0.4) is 0 Å². The summed E-state index contributed by atoms with van der Waals surface area (Å²) in [6, 6.07) is 3.69. The van der Waals surface area contributed by atoms with Gasteiger partial charge in [-0.15, -0.1) is 0 Å². The minimum atomic E-state index is 0.485. The zero-order chi connectivity index (χ0) is 18.4. The van der Waals surface area contributed by atoms with Gasteiger partial charge in [-0.1, -0.05) is 11.6 Å². The van der Waals surface area contributed by atoms with Crippen LogP contribution < -0.4 is 15.4 Å². The molecule has 6 nitrogen and oxygen atoms in total. The Morgan fingerprint density at radius 2 is 2.08 bits per heavy atom. The van der Waals surface area contributed by atoms with Crippen molar-refractivity contribution in [2.24, 2.45) is 0 Å². The standard InChI is InChI=1S/C17H23BrClN5O/c1-11-8-14(15(25-4)9-13(11)19)22-17-21-10-12(18)16(23-17)20-6-5-7-24(2)3/h8-10H,5-7H2,1-4H3,(H2,20,21,22,23). The number of halogens is 2. The van der Waals surface area contributed by atoms with Crippen molar-refractivity contribution in [3.63, 3.8) is 0 Å². The first-order valence-electron chi connectivity index (χ1n) is 7.93. The van der Waals surface area contributed by atoms with Crippen molar-refractivity contribution in [2.45, 2.75) is 13.3 Å². The van der Waals surface area contributed by atoms with Crippen molar-refractivity contribution in [3.8, 4) is 5.75 Å². The summed E-state index contributed by atoms with van der Waals surface area (Å²) in [7, 11) is 5.72. The molecule has 0 spiro atoms. The van der Waals surface area contributed by atoms with Crippen LogP contribution in [0.1, 0.15) is 12.0 Å². The molecular weight excluding hydrogens is 406 g/mol. The molecule has 1 aromatic carbocycles. The quantitative estimate of drug-likeness (QED) is 0.611. The Bertz CT molecular complexity index is 726. The predicted octanol–water partition coefficient (Wildman–Crippen LogP) is 4.32. The van der Waals surface area contributed by atoms with E-state index in [1.165, 1.54) is 0 Å². The highest BCUT2D eigenvalue weighted by Gasteiger charge is 2.10. The number of aromatic nitrogens is 2. The topological polar surface area (TPSA) is 62.3 Å². The Hall–Kier alpha value is -1.57. The number of methoxy groups -OCH3 is 1. The summed E-state index contributed by atoms with van der Waals surface area (Å²) >= 11 is 9.63. The van der Waals surface area contributed by atoms with E-state index in [-0.39, 0.29) is 0 Å². The van der Waals surface area contributed by atoms with Gasteiger partial charge in [0.15, 0.2) is 0 Å². The van der Waals surface area contributed by atoms with E-state index in [0.29, 0.717) is 16.7 Å². The fourth-order valence-corrected chi connectivity index (χ4v) is 2.69. The van der Waals surface area contributed by atoms with Crippen molar-refractivity contribution in [2.75, 3.05) is 44.9 Å². The van der Waals surface area contributed by atoms with Gasteiger partial charge in [0.25, 0.3) is 0 Å². The van der Waals surface area contributed by atoms with Crippen LogP contribution in [0.5, 0.6) is 5.75 Å². The summed E-state index contributed by atoms with van der Waals surface area (Å²) in [5.74, 6) is 1.88. The maximum Gasteiger partial charge on any atom is 0.229 e. The minimum Gasteiger partial charge on any atom is -0.495 e. The lowest BCUT2D eigenvalue weighted by Crippen LogP contribution is -2.17. The smallest absolute Gasteiger partial charge is 0.229 e. The summed E-state index contributed by atoms with van der Waals surface area (Å²) in [5.41, 5.74) is 1.72. The fraction of sp³-hybridized carbons (Fsp3) is 0.412. The molecule has 2 N–H and O–H groups in total. The zero-order valence-corrected chi connectivity index (χ0v) is 17.2. The number of nitrogens with zero attached hydrogens (tertiary/aromatic N) is 3. The fourth-order valence-electron chi connectivity index (χ4n) is 2.20. The minimum absolute atomic E-state index is 0.485. The maximum absolute atomic E-state index is 6.15. The Labute approximate surface area is 162 Å². The van der Waals surface area contributed by atoms with Crippen LogP contribution in [0.4, 0.5) is 17.5 Å². The van der Waals surface area contributed by atoms with Gasteiger partial charge in [0.05, 0.1) is 17.3 Å². The van der Waals surface area contributed by atoms with E-state index >= 15 is 0 Å². The predicted molar refractivity (Wildman–Crippen MR) is 107 cm³/mol. The molecule has 0 amide bonds. The van der Waals surface area contributed by atoms with Crippen LogP contribution in [-0.4, -0.2) is 49.2 Å². The molecule has 0 saturated heterocycles. The average molecular weight is 429 g/mol. The molecule has 136 valence electrons. The number of benzene rings is 1. The van der Waals surface area contributed by atoms with Crippen molar-refractivity contribution in [1.82, 2.24) is 14.9 Å². The molecule has 2 rings (SSSR count). The van der Waals surface area contributed by atoms with Gasteiger partial charge in [0.2, 0.25) is 5.95 Å². The van der Waals surface area contributed by atoms with Gasteiger partial charge in [0.1, 0.15) is 11.6 Å². The van der Waals surface area contributed by atoms with Gasteiger partial charge in [-0.05, 0) is 61.5 Å². The Kier molecular flexibility index (Phi) is 7.28. The highest BCUT2D eigenvalue weighted by Crippen LogP contribution is 2.32. The van der Waals surface area contributed by atoms with Crippen LogP contribution in [0.15, 0.2) is 22.8 Å². The van der Waals surface area contributed by atoms with Gasteiger partial charge >= 0.3 is 0 Å². The van der Waals surface area contributed by atoms with Crippen LogP contribution in [0.2, 0.25) is 5.02 Å². The molecule has 8 heteroatoms. The van der Waals surface area contributed by atoms with E-state index < -0.39 is 0 Å². The molecule has 0 bridgehead atoms. The number of ether oxygens (including phenoxy) is 1. The molecule has 0 radical (unpaired) electrons. The third-order valence-electron chi connectivity index (χ3n) is 3.55. The van der Waals surface area contributed by atoms with Gasteiger partial charge in [0, 0.05) is 23.8 Å². The summed E-state index contributed by atoms with van der Waals surface area (Å²) in [6.45, 7) is 3.78. The van der Waals surface area contributed by atoms with E-state index in [1.54, 1.807) is 19.4 Å². The molecule has 1 aromatic heterocycles. The molecule has 0 aliphatic rings. The Morgan fingerprint density at radius 3 is 2.76 bits per heavy atom. The molecule has 0 aliphatic carbocycles. The lowest BCUT2D eigenvalue weighted by Gasteiger charge is -2.14. The third-order valence-corrected chi connectivity index (χ3v) is 4.53. The number of hydrogen-bond acceptors (Lipinski definition) is 6. The first-order valence-corrected chi connectivity index (χ1v) is 9.10. The lowest BCUT2D eigenvalue weighted by atomic mass is 10.2. The highest BCUT2D eigenvalue weighted by atomic mass is 79.9. The molecule has 25 heavy (non-hydrogen) atoms. The molecule has 0 fully saturated rings. The summed E-state index contributed by atoms with van der Waals surface area (Å²) in [4.78, 5) is 11.0. The first-order chi connectivity index (χ1) is 11.9. The van der Waals surface area contributed by atoms with Gasteiger partial charge in [-0.25, -0.2) is 4.98 Å². The third kappa shape index (κ3) is 5.73. The lowest BCUT2D eigenvalue weighted by molar-refractivity contribution is 0.405. The van der Waals surface area contributed by atoms with Gasteiger partial charge in [-0.2, -0.15) is 4.98 Å². The second-order valence-corrected chi connectivity index (χ2v) is 7.16. The number of aryl methyl sites for hydroxylation is 1. The molecule has 0 saturated carbocycles. The Morgan fingerprint density at radius 1 is 1.32 bits per heavy atom. The average Bonchev–Trinajstić information content (AvgIpc) is 2.57. The van der Waals surface area contributed by atoms with E-state index in [0.717, 1.165) is 41.1 Å². The van der Waals surface area contributed by atoms with Crippen LogP contribution in [0.25, 0.3) is 0 Å². The van der Waals surface area contributed by atoms with Gasteiger partial charge in [-0.3, -0.25) is 0 Å². The van der Waals surface area contributed by atoms with Gasteiger partial charge < -0.3 is 20.3 Å². The molecule has 0 aliphatic heterocycles. The summed E-state index contributed by atoms with van der Waals surface area (Å²) in [6.07, 6.45) is 2.75. The Balaban J connectivity index is 2.13. The molecule has 1 heterocycles. The van der Waals surface area contributed by atoms with Crippen molar-refractivity contribution in [1.29, 1.82) is 0 Å². The van der Waals surface area contributed by atoms with Crippen molar-refractivity contribution >= 4 is 45.0 Å². The SMILES string of the molecule is COc1cc(Cl)c(C)cc1Nc1ncc(Br)c(NCCCN(C)C)n1. The molecular formula is C17H23BrClN5O. The summed E-state index contributed by atoms with van der Waals surface area (Å²) in [5, 5.41) is 7.17. The normalized spacial score (nSPS) is 10.8. The van der Waals surface area contributed by atoms with Crippen LogP contribution in [-0.2, 0) is 0 Å². The van der Waals surface area contributed by atoms with E-state index in [2.05, 4.69) is 55.5 Å². The second kappa shape index (κ2) is 9.22. The number of hydrogen-bond donors (Lipinski definition) is 2. The first kappa shape index (κ1) is 19.8. The van der Waals surface area contributed by atoms with Crippen LogP contribution in [0, 0.1) is 6.92 Å². The van der Waals surface area contributed by atoms with Crippen LogP contribution >= 0.6 is 27.5 Å². The molecule has 2 aromatic rings. The zero-order valence-electron chi connectivity index (χ0n) is 14.9. The monoisotopic (exact) mass is 427 g/mol. The number of anilines is 3.